The fourth-order valence-electron chi connectivity index (χ4n) is 1.95. The maximum Gasteiger partial charge on any atom is 0.328 e. The zero-order valence-corrected chi connectivity index (χ0v) is 9.80. The first-order chi connectivity index (χ1) is 8.51. The molecule has 0 bridgehead atoms. The first kappa shape index (κ1) is 12.9. The summed E-state index contributed by atoms with van der Waals surface area (Å²) in [5.74, 6) is -1.01. The maximum absolute atomic E-state index is 13.1. The summed E-state index contributed by atoms with van der Waals surface area (Å²) in [6, 6.07) is -0.140. The Hall–Kier alpha value is -1.51. The number of H-pyrrole nitrogens is 1. The molecule has 1 aliphatic heterocycles. The summed E-state index contributed by atoms with van der Waals surface area (Å²) in [6.07, 6.45) is 1.05. The van der Waals surface area contributed by atoms with Crippen molar-refractivity contribution < 1.29 is 14.3 Å². The van der Waals surface area contributed by atoms with E-state index in [4.69, 9.17) is 9.94 Å². The van der Waals surface area contributed by atoms with Gasteiger partial charge in [0.25, 0.3) is 5.56 Å². The Kier molecular flexibility index (Phi) is 3.60. The van der Waals surface area contributed by atoms with Crippen LogP contribution in [0, 0.1) is 5.82 Å². The smallest absolute Gasteiger partial charge is 0.328 e. The van der Waals surface area contributed by atoms with Crippen molar-refractivity contribution in [2.45, 2.75) is 25.1 Å². The summed E-state index contributed by atoms with van der Waals surface area (Å²) < 4.78 is 14.1. The van der Waals surface area contributed by atoms with Crippen LogP contribution in [0.2, 0.25) is 0 Å². The van der Waals surface area contributed by atoms with E-state index in [2.05, 4.69) is 0 Å². The van der Waals surface area contributed by atoms with Gasteiger partial charge >= 0.3 is 5.69 Å². The molecule has 2 atom stereocenters. The van der Waals surface area contributed by atoms with E-state index in [0.29, 0.717) is 6.42 Å². The first-order valence-corrected chi connectivity index (χ1v) is 5.51. The van der Waals surface area contributed by atoms with Crippen LogP contribution in [0.3, 0.4) is 0 Å². The van der Waals surface area contributed by atoms with Crippen LogP contribution in [0.1, 0.15) is 6.42 Å². The summed E-state index contributed by atoms with van der Waals surface area (Å²) in [6.45, 7) is 0.0647. The van der Waals surface area contributed by atoms with Crippen LogP contribution in [0.5, 0.6) is 0 Å². The number of aliphatic hydroxyl groups is 1. The molecule has 2 heterocycles. The van der Waals surface area contributed by atoms with Crippen LogP contribution in [0.15, 0.2) is 15.8 Å². The molecular formula is C10H14FN3O4. The van der Waals surface area contributed by atoms with Crippen molar-refractivity contribution in [1.29, 1.82) is 0 Å². The lowest BCUT2D eigenvalue weighted by molar-refractivity contribution is -0.151. The van der Waals surface area contributed by atoms with Crippen LogP contribution in [0.4, 0.5) is 4.39 Å². The van der Waals surface area contributed by atoms with E-state index in [0.717, 1.165) is 10.8 Å². The second kappa shape index (κ2) is 5.01. The third kappa shape index (κ3) is 2.50. The van der Waals surface area contributed by atoms with E-state index in [1.54, 1.807) is 7.05 Å². The highest BCUT2D eigenvalue weighted by atomic mass is 19.1. The molecule has 7 nitrogen and oxygen atoms in total. The third-order valence-corrected chi connectivity index (χ3v) is 2.94. The summed E-state index contributed by atoms with van der Waals surface area (Å²) in [4.78, 5) is 29.6. The topological polar surface area (TPSA) is 87.6 Å². The van der Waals surface area contributed by atoms with Gasteiger partial charge in [0, 0.05) is 7.05 Å². The Labute approximate surface area is 101 Å². The molecule has 1 aliphatic rings. The number of hydroxylamine groups is 2. The van der Waals surface area contributed by atoms with Crippen molar-refractivity contribution in [2.24, 2.45) is 0 Å². The minimum atomic E-state index is -1.03. The molecule has 0 radical (unpaired) electrons. The third-order valence-electron chi connectivity index (χ3n) is 2.94. The maximum atomic E-state index is 13.1. The van der Waals surface area contributed by atoms with Crippen LogP contribution in [0.25, 0.3) is 0 Å². The number of halogens is 1. The van der Waals surface area contributed by atoms with Crippen molar-refractivity contribution in [1.82, 2.24) is 14.6 Å². The van der Waals surface area contributed by atoms with Gasteiger partial charge in [-0.25, -0.2) is 4.79 Å². The molecule has 18 heavy (non-hydrogen) atoms. The number of aromatic nitrogens is 2. The number of aromatic amines is 1. The minimum Gasteiger partial charge on any atom is -0.395 e. The molecule has 1 aromatic rings. The number of aliphatic hydroxyl groups excluding tert-OH is 1. The number of hydrogen-bond donors (Lipinski definition) is 2. The molecule has 1 saturated heterocycles. The lowest BCUT2D eigenvalue weighted by Gasteiger charge is -2.14. The molecule has 2 N–H and O–H groups in total. The molecule has 0 aromatic carbocycles. The largest absolute Gasteiger partial charge is 0.395 e. The zero-order chi connectivity index (χ0) is 13.3. The fourth-order valence-corrected chi connectivity index (χ4v) is 1.95. The van der Waals surface area contributed by atoms with Gasteiger partial charge in [0.1, 0.15) is 0 Å². The Balaban J connectivity index is 2.14. The molecule has 0 saturated carbocycles. The molecule has 0 amide bonds. The van der Waals surface area contributed by atoms with Crippen molar-refractivity contribution >= 4 is 0 Å². The molecular weight excluding hydrogens is 245 g/mol. The van der Waals surface area contributed by atoms with Crippen LogP contribution in [-0.2, 0) is 11.4 Å². The van der Waals surface area contributed by atoms with Crippen molar-refractivity contribution in [3.8, 4) is 0 Å². The number of hydrogen-bond acceptors (Lipinski definition) is 5. The van der Waals surface area contributed by atoms with E-state index < -0.39 is 17.1 Å². The molecule has 0 aliphatic carbocycles. The monoisotopic (exact) mass is 259 g/mol. The highest BCUT2D eigenvalue weighted by Gasteiger charge is 2.30. The fraction of sp³-hybridized carbons (Fsp3) is 0.600. The number of likely N-dealkylation sites (N-methyl/N-ethyl adjacent to an activating group) is 1. The van der Waals surface area contributed by atoms with Gasteiger partial charge in [0.2, 0.25) is 5.82 Å². The molecule has 8 heteroatoms. The highest BCUT2D eigenvalue weighted by Crippen LogP contribution is 2.19. The van der Waals surface area contributed by atoms with E-state index in [-0.39, 0.29) is 25.3 Å². The van der Waals surface area contributed by atoms with E-state index >= 15 is 0 Å². The van der Waals surface area contributed by atoms with Gasteiger partial charge in [-0.15, -0.1) is 0 Å². The number of rotatable bonds is 3. The molecule has 0 spiro atoms. The van der Waals surface area contributed by atoms with Crippen molar-refractivity contribution in [2.75, 3.05) is 13.7 Å². The second-order valence-electron chi connectivity index (χ2n) is 4.23. The quantitative estimate of drug-likeness (QED) is 0.702. The summed E-state index contributed by atoms with van der Waals surface area (Å²) in [7, 11) is 1.68. The first-order valence-electron chi connectivity index (χ1n) is 5.51. The molecule has 2 rings (SSSR count). The minimum absolute atomic E-state index is 0.0537. The van der Waals surface area contributed by atoms with Crippen molar-refractivity contribution in [3.63, 3.8) is 0 Å². The van der Waals surface area contributed by atoms with Gasteiger partial charge < -0.3 is 5.11 Å². The van der Waals surface area contributed by atoms with E-state index in [9.17, 15) is 14.0 Å². The van der Waals surface area contributed by atoms with Gasteiger partial charge in [-0.3, -0.25) is 19.2 Å². The van der Waals surface area contributed by atoms with Gasteiger partial charge in [-0.1, -0.05) is 0 Å². The van der Waals surface area contributed by atoms with Crippen LogP contribution in [-0.4, -0.2) is 45.5 Å². The molecule has 0 unspecified atom stereocenters. The average Bonchev–Trinajstić information content (AvgIpc) is 2.66. The predicted molar refractivity (Wildman–Crippen MR) is 59.4 cm³/mol. The number of nitrogens with one attached hydrogen (secondary N) is 1. The van der Waals surface area contributed by atoms with E-state index in [1.165, 1.54) is 5.06 Å². The summed E-state index contributed by atoms with van der Waals surface area (Å²) in [5.41, 5.74) is -1.71. The molecule has 1 fully saturated rings. The number of nitrogens with zero attached hydrogens (tertiary/aromatic N) is 2. The van der Waals surface area contributed by atoms with Gasteiger partial charge in [0.15, 0.2) is 0 Å². The SMILES string of the molecule is CN1O[C@@H](Cn2cc(F)c(=O)[nH]c2=O)C[C@@H]1CO. The summed E-state index contributed by atoms with van der Waals surface area (Å²) in [5, 5.41) is 10.6. The second-order valence-corrected chi connectivity index (χ2v) is 4.23. The molecule has 1 aromatic heterocycles. The van der Waals surface area contributed by atoms with Crippen LogP contribution < -0.4 is 11.2 Å². The standard InChI is InChI=1S/C10H14FN3O4/c1-13-6(5-15)2-7(18-13)3-14-4-8(11)9(16)12-10(14)17/h4,6-7,15H,2-3,5H2,1H3,(H,12,16,17)/t6-,7-/m1/s1. The Morgan fingerprint density at radius 3 is 2.94 bits per heavy atom. The predicted octanol–water partition coefficient (Wildman–Crippen LogP) is -1.33. The van der Waals surface area contributed by atoms with Crippen LogP contribution >= 0.6 is 0 Å². The molecule has 100 valence electrons. The van der Waals surface area contributed by atoms with Crippen molar-refractivity contribution in [3.05, 3.63) is 32.9 Å². The Bertz CT molecular complexity index is 541. The van der Waals surface area contributed by atoms with Gasteiger partial charge in [0.05, 0.1) is 31.5 Å². The lowest BCUT2D eigenvalue weighted by atomic mass is 10.1. The average molecular weight is 259 g/mol. The Morgan fingerprint density at radius 1 is 1.61 bits per heavy atom. The van der Waals surface area contributed by atoms with E-state index in [1.807, 2.05) is 4.98 Å². The van der Waals surface area contributed by atoms with Gasteiger partial charge in [-0.2, -0.15) is 9.45 Å². The zero-order valence-electron chi connectivity index (χ0n) is 9.80. The summed E-state index contributed by atoms with van der Waals surface area (Å²) >= 11 is 0. The normalized spacial score (nSPS) is 24.6. The highest BCUT2D eigenvalue weighted by molar-refractivity contribution is 4.88. The lowest BCUT2D eigenvalue weighted by Crippen LogP contribution is -2.34. The Morgan fingerprint density at radius 2 is 2.33 bits per heavy atom. The van der Waals surface area contributed by atoms with Gasteiger partial charge in [-0.05, 0) is 6.42 Å².